The number of rotatable bonds is 3. The second kappa shape index (κ2) is 6.96. The van der Waals surface area contributed by atoms with Gasteiger partial charge >= 0.3 is 0 Å². The van der Waals surface area contributed by atoms with E-state index in [2.05, 4.69) is 47.6 Å². The van der Waals surface area contributed by atoms with Crippen LogP contribution in [0.15, 0.2) is 0 Å². The molecule has 1 saturated carbocycles. The SMILES string of the molecule is CC1([B]N)CCCCCC(C)(C(C)(C)C(C)(C)C#N)CCC1. The summed E-state index contributed by atoms with van der Waals surface area (Å²) in [6.45, 7) is 13.5. The minimum Gasteiger partial charge on any atom is -0.374 e. The van der Waals surface area contributed by atoms with Crippen LogP contribution in [0.1, 0.15) is 92.9 Å². The van der Waals surface area contributed by atoms with Gasteiger partial charge < -0.3 is 5.64 Å². The highest BCUT2D eigenvalue weighted by molar-refractivity contribution is 6.35. The smallest absolute Gasteiger partial charge is 0.209 e. The van der Waals surface area contributed by atoms with E-state index in [9.17, 15) is 5.26 Å². The molecule has 2 N–H and O–H groups in total. The predicted molar refractivity (Wildman–Crippen MR) is 96.5 cm³/mol. The van der Waals surface area contributed by atoms with Gasteiger partial charge in [-0.3, -0.25) is 0 Å². The largest absolute Gasteiger partial charge is 0.374 e. The Labute approximate surface area is 139 Å². The lowest BCUT2D eigenvalue weighted by Crippen LogP contribution is -2.45. The first-order valence-corrected chi connectivity index (χ1v) is 9.01. The maximum atomic E-state index is 9.65. The number of hydrogen-bond acceptors (Lipinski definition) is 2. The van der Waals surface area contributed by atoms with E-state index < -0.39 is 0 Å². The van der Waals surface area contributed by atoms with Crippen molar-refractivity contribution in [2.24, 2.45) is 21.9 Å². The third-order valence-corrected chi connectivity index (χ3v) is 7.21. The average Bonchev–Trinajstić information content (AvgIpc) is 2.46. The molecule has 22 heavy (non-hydrogen) atoms. The Balaban J connectivity index is 2.99. The highest BCUT2D eigenvalue weighted by Gasteiger charge is 2.50. The van der Waals surface area contributed by atoms with Crippen molar-refractivity contribution in [3.8, 4) is 6.07 Å². The van der Waals surface area contributed by atoms with Gasteiger partial charge in [-0.25, -0.2) is 0 Å². The van der Waals surface area contributed by atoms with Gasteiger partial charge in [0.05, 0.1) is 11.5 Å². The van der Waals surface area contributed by atoms with Crippen LogP contribution in [0.3, 0.4) is 0 Å². The zero-order valence-corrected chi connectivity index (χ0v) is 15.8. The van der Waals surface area contributed by atoms with Crippen molar-refractivity contribution in [3.05, 3.63) is 0 Å². The third-order valence-electron chi connectivity index (χ3n) is 7.21. The molecular weight excluding hydrogens is 267 g/mol. The van der Waals surface area contributed by atoms with Crippen LogP contribution >= 0.6 is 0 Å². The van der Waals surface area contributed by atoms with E-state index in [1.54, 1.807) is 0 Å². The van der Waals surface area contributed by atoms with Crippen molar-refractivity contribution in [1.29, 1.82) is 5.26 Å². The van der Waals surface area contributed by atoms with Crippen LogP contribution in [0.5, 0.6) is 0 Å². The van der Waals surface area contributed by atoms with Crippen molar-refractivity contribution >= 4 is 7.41 Å². The summed E-state index contributed by atoms with van der Waals surface area (Å²) in [5.74, 6) is 0. The Hall–Kier alpha value is -0.485. The molecular formula is C19H36BN2. The van der Waals surface area contributed by atoms with Crippen molar-refractivity contribution in [2.75, 3.05) is 0 Å². The van der Waals surface area contributed by atoms with Crippen molar-refractivity contribution < 1.29 is 0 Å². The Morgan fingerprint density at radius 2 is 1.41 bits per heavy atom. The van der Waals surface area contributed by atoms with Crippen molar-refractivity contribution in [2.45, 2.75) is 98.2 Å². The van der Waals surface area contributed by atoms with Crippen molar-refractivity contribution in [3.63, 3.8) is 0 Å². The Morgan fingerprint density at radius 1 is 0.909 bits per heavy atom. The normalized spacial score (nSPS) is 32.1. The minimum absolute atomic E-state index is 0.00320. The summed E-state index contributed by atoms with van der Waals surface area (Å²) in [6.07, 6.45) is 9.82. The molecule has 2 nitrogen and oxygen atoms in total. The maximum absolute atomic E-state index is 9.65. The second-order valence-corrected chi connectivity index (χ2v) is 9.16. The fourth-order valence-corrected chi connectivity index (χ4v) is 4.04. The highest BCUT2D eigenvalue weighted by Crippen LogP contribution is 2.56. The molecule has 0 aromatic carbocycles. The third kappa shape index (κ3) is 3.88. The summed E-state index contributed by atoms with van der Waals surface area (Å²) in [4.78, 5) is 0. The van der Waals surface area contributed by atoms with Gasteiger partial charge in [-0.05, 0) is 42.8 Å². The van der Waals surface area contributed by atoms with Gasteiger partial charge in [0, 0.05) is 0 Å². The van der Waals surface area contributed by atoms with E-state index in [1.807, 2.05) is 7.41 Å². The van der Waals surface area contributed by atoms with Crippen LogP contribution in [0.2, 0.25) is 5.31 Å². The summed E-state index contributed by atoms with van der Waals surface area (Å²) in [6, 6.07) is 2.57. The molecule has 0 bridgehead atoms. The van der Waals surface area contributed by atoms with E-state index in [4.69, 9.17) is 5.64 Å². The molecule has 0 aromatic rings. The molecule has 0 heterocycles. The molecule has 1 fully saturated rings. The van der Waals surface area contributed by atoms with Crippen LogP contribution < -0.4 is 5.64 Å². The summed E-state index contributed by atoms with van der Waals surface area (Å²) in [7, 11) is 1.93. The average molecular weight is 303 g/mol. The van der Waals surface area contributed by atoms with Crippen LogP contribution in [-0.4, -0.2) is 7.41 Å². The summed E-state index contributed by atoms with van der Waals surface area (Å²) in [5.41, 5.74) is 5.82. The number of nitriles is 1. The molecule has 0 spiro atoms. The van der Waals surface area contributed by atoms with Crippen LogP contribution in [0, 0.1) is 27.6 Å². The molecule has 1 aliphatic rings. The topological polar surface area (TPSA) is 49.8 Å². The first kappa shape index (κ1) is 19.6. The van der Waals surface area contributed by atoms with Crippen molar-refractivity contribution in [1.82, 2.24) is 0 Å². The molecule has 0 saturated heterocycles. The lowest BCUT2D eigenvalue weighted by atomic mass is 9.50. The molecule has 2 atom stereocenters. The van der Waals surface area contributed by atoms with E-state index in [-0.39, 0.29) is 21.6 Å². The predicted octanol–water partition coefficient (Wildman–Crippen LogP) is 5.46. The van der Waals surface area contributed by atoms with Crippen LogP contribution in [0.25, 0.3) is 0 Å². The molecule has 1 radical (unpaired) electrons. The first-order chi connectivity index (χ1) is 10.0. The fourth-order valence-electron chi connectivity index (χ4n) is 4.04. The number of hydrogen-bond donors (Lipinski definition) is 1. The van der Waals surface area contributed by atoms with Gasteiger partial charge in [-0.1, -0.05) is 66.2 Å². The highest BCUT2D eigenvalue weighted by atomic mass is 14.5. The molecule has 3 heteroatoms. The maximum Gasteiger partial charge on any atom is 0.209 e. The van der Waals surface area contributed by atoms with Crippen LogP contribution in [0.4, 0.5) is 0 Å². The minimum atomic E-state index is -0.310. The van der Waals surface area contributed by atoms with Gasteiger partial charge in [0.15, 0.2) is 0 Å². The molecule has 1 aliphatic carbocycles. The number of nitrogens with zero attached hydrogens (tertiary/aromatic N) is 1. The zero-order valence-electron chi connectivity index (χ0n) is 15.8. The van der Waals surface area contributed by atoms with E-state index in [0.717, 1.165) is 0 Å². The van der Waals surface area contributed by atoms with Gasteiger partial charge in [0.2, 0.25) is 7.41 Å². The summed E-state index contributed by atoms with van der Waals surface area (Å²) < 4.78 is 0. The second-order valence-electron chi connectivity index (χ2n) is 9.16. The monoisotopic (exact) mass is 303 g/mol. The molecule has 0 aromatic heterocycles. The Morgan fingerprint density at radius 3 is 1.95 bits per heavy atom. The molecule has 125 valence electrons. The lowest BCUT2D eigenvalue weighted by molar-refractivity contribution is -0.0175. The summed E-state index contributed by atoms with van der Waals surface area (Å²) in [5, 5.41) is 9.84. The molecule has 0 aliphatic heterocycles. The molecule has 1 rings (SSSR count). The quantitative estimate of drug-likeness (QED) is 0.704. The fraction of sp³-hybridized carbons (Fsp3) is 0.947. The standard InChI is InChI=1S/C19H36BN2/c1-16(2,15-21)17(3,4)18(5)11-8-7-9-13-19(6,20-22)14-10-12-18/h7-14,22H2,1-6H3. The van der Waals surface area contributed by atoms with E-state index in [0.29, 0.717) is 0 Å². The van der Waals surface area contributed by atoms with Gasteiger partial charge in [0.1, 0.15) is 0 Å². The molecule has 2 unspecified atom stereocenters. The van der Waals surface area contributed by atoms with E-state index >= 15 is 0 Å². The Kier molecular flexibility index (Phi) is 6.18. The zero-order chi connectivity index (χ0) is 17.1. The first-order valence-electron chi connectivity index (χ1n) is 9.01. The van der Waals surface area contributed by atoms with Gasteiger partial charge in [-0.15, -0.1) is 0 Å². The van der Waals surface area contributed by atoms with Gasteiger partial charge in [0.25, 0.3) is 0 Å². The van der Waals surface area contributed by atoms with Gasteiger partial charge in [-0.2, -0.15) is 5.26 Å². The van der Waals surface area contributed by atoms with Crippen LogP contribution in [-0.2, 0) is 0 Å². The molecule has 0 amide bonds. The Bertz CT molecular complexity index is 410. The summed E-state index contributed by atoms with van der Waals surface area (Å²) >= 11 is 0. The lowest BCUT2D eigenvalue weighted by Gasteiger charge is -2.52. The number of nitrogens with two attached hydrogens (primary N) is 1. The van der Waals surface area contributed by atoms with E-state index in [1.165, 1.54) is 51.4 Å².